The summed E-state index contributed by atoms with van der Waals surface area (Å²) in [6.45, 7) is 0.192. The molecule has 0 unspecified atom stereocenters. The Hall–Kier alpha value is -0.910. The van der Waals surface area contributed by atoms with Gasteiger partial charge in [0.2, 0.25) is 5.91 Å². The second kappa shape index (κ2) is 7.62. The minimum absolute atomic E-state index is 0.0647. The number of thioether (sulfide) groups is 1. The fraction of sp³-hybridized carbons (Fsp3) is 0.333. The van der Waals surface area contributed by atoms with Crippen LogP contribution >= 0.6 is 35.0 Å². The summed E-state index contributed by atoms with van der Waals surface area (Å²) in [4.78, 5) is 24.3. The standard InChI is InChI=1S/C12H13Cl2NO3S/c1-15(5-4-12(17)18)11(16)7-19-10-6-8(13)2-3-9(10)14/h2-3,6H,4-5,7H2,1H3,(H,17,18). The van der Waals surface area contributed by atoms with E-state index in [1.165, 1.54) is 16.7 Å². The molecule has 0 fully saturated rings. The zero-order chi connectivity index (χ0) is 14.4. The molecule has 1 N–H and O–H groups in total. The molecule has 1 aromatic carbocycles. The summed E-state index contributed by atoms with van der Waals surface area (Å²) in [5.74, 6) is -0.886. The summed E-state index contributed by atoms with van der Waals surface area (Å²) in [5.41, 5.74) is 0. The van der Waals surface area contributed by atoms with Crippen LogP contribution in [0.1, 0.15) is 6.42 Å². The smallest absolute Gasteiger partial charge is 0.305 e. The van der Waals surface area contributed by atoms with Crippen LogP contribution < -0.4 is 0 Å². The molecule has 0 atom stereocenters. The van der Waals surface area contributed by atoms with Crippen molar-refractivity contribution >= 4 is 46.8 Å². The number of amides is 1. The first-order valence-electron chi connectivity index (χ1n) is 5.43. The van der Waals surface area contributed by atoms with Crippen molar-refractivity contribution in [1.82, 2.24) is 4.90 Å². The van der Waals surface area contributed by atoms with Gasteiger partial charge in [0.15, 0.2) is 0 Å². The predicted molar refractivity (Wildman–Crippen MR) is 77.1 cm³/mol. The number of aliphatic carboxylic acids is 1. The number of hydrogen-bond donors (Lipinski definition) is 1. The fourth-order valence-corrected chi connectivity index (χ4v) is 2.66. The Labute approximate surface area is 125 Å². The monoisotopic (exact) mass is 321 g/mol. The molecular weight excluding hydrogens is 309 g/mol. The number of benzene rings is 1. The van der Waals surface area contributed by atoms with E-state index in [-0.39, 0.29) is 24.6 Å². The third-order valence-corrected chi connectivity index (χ3v) is 4.05. The molecule has 1 amide bonds. The Morgan fingerprint density at radius 2 is 2.05 bits per heavy atom. The lowest BCUT2D eigenvalue weighted by Gasteiger charge is -2.15. The molecule has 0 aromatic heterocycles. The van der Waals surface area contributed by atoms with E-state index >= 15 is 0 Å². The van der Waals surface area contributed by atoms with Gasteiger partial charge in [0.05, 0.1) is 17.2 Å². The van der Waals surface area contributed by atoms with Crippen molar-refractivity contribution < 1.29 is 14.7 Å². The molecule has 0 saturated carbocycles. The summed E-state index contributed by atoms with van der Waals surface area (Å²) in [6.07, 6.45) is -0.0647. The Morgan fingerprint density at radius 1 is 1.37 bits per heavy atom. The van der Waals surface area contributed by atoms with Crippen LogP contribution in [0.4, 0.5) is 0 Å². The van der Waals surface area contributed by atoms with E-state index in [1.807, 2.05) is 0 Å². The molecule has 1 aromatic rings. The first kappa shape index (κ1) is 16.1. The number of halogens is 2. The Morgan fingerprint density at radius 3 is 2.68 bits per heavy atom. The van der Waals surface area contributed by atoms with Gasteiger partial charge in [0.1, 0.15) is 0 Å². The lowest BCUT2D eigenvalue weighted by atomic mass is 10.4. The van der Waals surface area contributed by atoms with Gasteiger partial charge in [0.25, 0.3) is 0 Å². The normalized spacial score (nSPS) is 10.3. The second-order valence-electron chi connectivity index (χ2n) is 3.82. The van der Waals surface area contributed by atoms with Crippen molar-refractivity contribution in [2.45, 2.75) is 11.3 Å². The number of carboxylic acid groups (broad SMARTS) is 1. The molecule has 0 saturated heterocycles. The van der Waals surface area contributed by atoms with E-state index in [9.17, 15) is 9.59 Å². The lowest BCUT2D eigenvalue weighted by Crippen LogP contribution is -2.30. The molecule has 104 valence electrons. The highest BCUT2D eigenvalue weighted by Gasteiger charge is 2.12. The van der Waals surface area contributed by atoms with Crippen LogP contribution in [0.2, 0.25) is 10.0 Å². The van der Waals surface area contributed by atoms with Crippen molar-refractivity contribution in [3.63, 3.8) is 0 Å². The highest BCUT2D eigenvalue weighted by atomic mass is 35.5. The summed E-state index contributed by atoms with van der Waals surface area (Å²) >= 11 is 13.1. The van der Waals surface area contributed by atoms with Gasteiger partial charge in [-0.15, -0.1) is 11.8 Å². The first-order valence-corrected chi connectivity index (χ1v) is 7.18. The van der Waals surface area contributed by atoms with Gasteiger partial charge in [0, 0.05) is 23.5 Å². The average Bonchev–Trinajstić information content (AvgIpc) is 2.36. The van der Waals surface area contributed by atoms with Crippen LogP contribution in [-0.4, -0.2) is 41.2 Å². The number of rotatable bonds is 6. The Kier molecular flexibility index (Phi) is 6.48. The van der Waals surface area contributed by atoms with Crippen LogP contribution in [0.5, 0.6) is 0 Å². The zero-order valence-corrected chi connectivity index (χ0v) is 12.6. The number of carboxylic acids is 1. The summed E-state index contributed by atoms with van der Waals surface area (Å²) in [6, 6.07) is 5.04. The SMILES string of the molecule is CN(CCC(=O)O)C(=O)CSc1cc(Cl)ccc1Cl. The zero-order valence-electron chi connectivity index (χ0n) is 10.2. The molecule has 19 heavy (non-hydrogen) atoms. The average molecular weight is 322 g/mol. The molecular formula is C12H13Cl2NO3S. The molecule has 7 heteroatoms. The van der Waals surface area contributed by atoms with Crippen molar-refractivity contribution in [1.29, 1.82) is 0 Å². The first-order chi connectivity index (χ1) is 8.90. The van der Waals surface area contributed by atoms with Gasteiger partial charge in [-0.05, 0) is 18.2 Å². The summed E-state index contributed by atoms with van der Waals surface area (Å²) in [7, 11) is 1.57. The minimum Gasteiger partial charge on any atom is -0.481 e. The molecule has 0 aliphatic heterocycles. The van der Waals surface area contributed by atoms with E-state index in [1.54, 1.807) is 25.2 Å². The minimum atomic E-state index is -0.926. The lowest BCUT2D eigenvalue weighted by molar-refractivity contribution is -0.137. The molecule has 0 aliphatic rings. The van der Waals surface area contributed by atoms with Crippen molar-refractivity contribution in [2.75, 3.05) is 19.3 Å². The quantitative estimate of drug-likeness (QED) is 0.818. The maximum absolute atomic E-state index is 11.8. The highest BCUT2D eigenvalue weighted by molar-refractivity contribution is 8.00. The van der Waals surface area contributed by atoms with E-state index in [0.29, 0.717) is 10.0 Å². The number of nitrogens with zero attached hydrogens (tertiary/aromatic N) is 1. The highest BCUT2D eigenvalue weighted by Crippen LogP contribution is 2.29. The summed E-state index contributed by atoms with van der Waals surface area (Å²) in [5, 5.41) is 9.64. The predicted octanol–water partition coefficient (Wildman–Crippen LogP) is 3.02. The third-order valence-electron chi connectivity index (χ3n) is 2.33. The van der Waals surface area contributed by atoms with Gasteiger partial charge in [-0.2, -0.15) is 0 Å². The molecule has 1 rings (SSSR count). The molecule has 4 nitrogen and oxygen atoms in total. The Bertz CT molecular complexity index is 482. The van der Waals surface area contributed by atoms with E-state index in [0.717, 1.165) is 4.90 Å². The van der Waals surface area contributed by atoms with Crippen LogP contribution in [0.3, 0.4) is 0 Å². The molecule has 0 spiro atoms. The number of carbonyl (C=O) groups is 2. The number of carbonyl (C=O) groups excluding carboxylic acids is 1. The fourth-order valence-electron chi connectivity index (χ4n) is 1.23. The van der Waals surface area contributed by atoms with Gasteiger partial charge in [-0.1, -0.05) is 23.2 Å². The van der Waals surface area contributed by atoms with Gasteiger partial charge in [-0.3, -0.25) is 9.59 Å². The van der Waals surface area contributed by atoms with Crippen LogP contribution in [0.15, 0.2) is 23.1 Å². The van der Waals surface area contributed by atoms with E-state index in [2.05, 4.69) is 0 Å². The van der Waals surface area contributed by atoms with Crippen molar-refractivity contribution in [2.24, 2.45) is 0 Å². The van der Waals surface area contributed by atoms with Crippen LogP contribution in [-0.2, 0) is 9.59 Å². The largest absolute Gasteiger partial charge is 0.481 e. The molecule has 0 bridgehead atoms. The molecule has 0 aliphatic carbocycles. The van der Waals surface area contributed by atoms with Crippen molar-refractivity contribution in [3.05, 3.63) is 28.2 Å². The molecule has 0 radical (unpaired) electrons. The van der Waals surface area contributed by atoms with Crippen molar-refractivity contribution in [3.8, 4) is 0 Å². The van der Waals surface area contributed by atoms with Gasteiger partial charge < -0.3 is 10.0 Å². The topological polar surface area (TPSA) is 57.6 Å². The van der Waals surface area contributed by atoms with Crippen LogP contribution in [0.25, 0.3) is 0 Å². The summed E-state index contributed by atoms with van der Waals surface area (Å²) < 4.78 is 0. The van der Waals surface area contributed by atoms with Crippen LogP contribution in [0, 0.1) is 0 Å². The maximum atomic E-state index is 11.8. The maximum Gasteiger partial charge on any atom is 0.305 e. The van der Waals surface area contributed by atoms with E-state index in [4.69, 9.17) is 28.3 Å². The number of hydrogen-bond acceptors (Lipinski definition) is 3. The second-order valence-corrected chi connectivity index (χ2v) is 5.68. The van der Waals surface area contributed by atoms with Gasteiger partial charge in [-0.25, -0.2) is 0 Å². The third kappa shape index (κ3) is 5.72. The van der Waals surface area contributed by atoms with E-state index < -0.39 is 5.97 Å². The Balaban J connectivity index is 2.49. The molecule has 0 heterocycles. The van der Waals surface area contributed by atoms with Gasteiger partial charge >= 0.3 is 5.97 Å².